The Balaban J connectivity index is 1.07. The number of rotatable bonds is 2. The molecule has 0 bridgehead atoms. The highest BCUT2D eigenvalue weighted by molar-refractivity contribution is 7.22. The van der Waals surface area contributed by atoms with Crippen LogP contribution in [0.15, 0.2) is 85.2 Å². The number of fused-ring (bicyclic) bond motifs is 6. The SMILES string of the molecule is Cc1cc2cc3cc4sc(-c5cnc(-c6cc7cc8cc9sc(C)cc9cc8cc7s6)cn5)cc4cc3cc2s1. The Morgan fingerprint density at radius 2 is 0.725 bits per heavy atom. The summed E-state index contributed by atoms with van der Waals surface area (Å²) in [6.07, 6.45) is 3.85. The van der Waals surface area contributed by atoms with Crippen LogP contribution in [0.2, 0.25) is 0 Å². The molecule has 0 radical (unpaired) electrons. The Hall–Kier alpha value is -3.68. The van der Waals surface area contributed by atoms with E-state index in [0.29, 0.717) is 0 Å². The zero-order valence-electron chi connectivity index (χ0n) is 21.6. The van der Waals surface area contributed by atoms with E-state index in [0.717, 1.165) is 21.1 Å². The van der Waals surface area contributed by atoms with E-state index >= 15 is 0 Å². The van der Waals surface area contributed by atoms with E-state index in [9.17, 15) is 0 Å². The number of benzene rings is 4. The van der Waals surface area contributed by atoms with Crippen LogP contribution in [0, 0.1) is 13.8 Å². The number of hydrogen-bond acceptors (Lipinski definition) is 6. The Labute approximate surface area is 245 Å². The van der Waals surface area contributed by atoms with Gasteiger partial charge in [0.1, 0.15) is 0 Å². The monoisotopic (exact) mass is 584 g/mol. The molecule has 5 aromatic heterocycles. The molecular weight excluding hydrogens is 565 g/mol. The molecule has 0 aliphatic heterocycles. The highest BCUT2D eigenvalue weighted by Gasteiger charge is 2.12. The fraction of sp³-hybridized carbons (Fsp3) is 0.0588. The van der Waals surface area contributed by atoms with Gasteiger partial charge in [-0.15, -0.1) is 45.3 Å². The minimum Gasteiger partial charge on any atom is -0.251 e. The molecule has 9 aromatic rings. The molecule has 6 heteroatoms. The first-order chi connectivity index (χ1) is 19.5. The van der Waals surface area contributed by atoms with Crippen molar-refractivity contribution in [3.63, 3.8) is 0 Å². The second-order valence-corrected chi connectivity index (χ2v) is 15.2. The lowest BCUT2D eigenvalue weighted by Gasteiger charge is -1.99. The van der Waals surface area contributed by atoms with E-state index in [4.69, 9.17) is 9.97 Å². The van der Waals surface area contributed by atoms with Crippen molar-refractivity contribution < 1.29 is 0 Å². The predicted molar refractivity (Wildman–Crippen MR) is 179 cm³/mol. The normalized spacial score (nSPS) is 12.2. The predicted octanol–water partition coefficient (Wildman–Crippen LogP) is 11.6. The first-order valence-corrected chi connectivity index (χ1v) is 16.4. The number of aryl methyl sites for hydroxylation is 2. The van der Waals surface area contributed by atoms with Gasteiger partial charge in [0.05, 0.1) is 33.5 Å². The molecule has 2 nitrogen and oxygen atoms in total. The van der Waals surface area contributed by atoms with Gasteiger partial charge in [0, 0.05) is 28.6 Å². The fourth-order valence-electron chi connectivity index (χ4n) is 5.75. The molecule has 0 N–H and O–H groups in total. The molecule has 0 saturated carbocycles. The van der Waals surface area contributed by atoms with Crippen molar-refractivity contribution in [3.8, 4) is 21.1 Å². The number of nitrogens with zero attached hydrogens (tertiary/aromatic N) is 2. The lowest BCUT2D eigenvalue weighted by Crippen LogP contribution is -1.85. The van der Waals surface area contributed by atoms with Crippen LogP contribution in [-0.4, -0.2) is 9.97 Å². The van der Waals surface area contributed by atoms with Gasteiger partial charge in [-0.1, -0.05) is 0 Å². The quantitative estimate of drug-likeness (QED) is 0.202. The summed E-state index contributed by atoms with van der Waals surface area (Å²) in [4.78, 5) is 14.7. The second kappa shape index (κ2) is 8.41. The Morgan fingerprint density at radius 1 is 0.375 bits per heavy atom. The fourth-order valence-corrected chi connectivity index (χ4v) is 9.77. The summed E-state index contributed by atoms with van der Waals surface area (Å²) in [5.74, 6) is 0. The molecule has 0 fully saturated rings. The van der Waals surface area contributed by atoms with Gasteiger partial charge in [0.15, 0.2) is 0 Å². The molecule has 0 saturated heterocycles. The Kier molecular flexibility index (Phi) is 4.85. The standard InChI is InChI=1S/C34H20N2S4/c1-17-3-23-5-19-11-31-25(7-21(19)9-29(23)37-17)13-33(39-31)27-15-36-28(16-35-27)34-14-26-8-22-10-30-24(4-18(2)38-30)6-20(22)12-32(26)40-34/h3-16H,1-2H3. The van der Waals surface area contributed by atoms with E-state index in [1.54, 1.807) is 22.7 Å². The average Bonchev–Trinajstić information content (AvgIpc) is 3.71. The van der Waals surface area contributed by atoms with E-state index in [1.165, 1.54) is 71.6 Å². The van der Waals surface area contributed by atoms with Crippen molar-refractivity contribution in [2.75, 3.05) is 0 Å². The van der Waals surface area contributed by atoms with Gasteiger partial charge in [0.25, 0.3) is 0 Å². The van der Waals surface area contributed by atoms with E-state index in [-0.39, 0.29) is 0 Å². The molecule has 0 spiro atoms. The first kappa shape index (κ1) is 23.1. The van der Waals surface area contributed by atoms with Crippen molar-refractivity contribution >= 4 is 107 Å². The van der Waals surface area contributed by atoms with Gasteiger partial charge >= 0.3 is 0 Å². The molecule has 40 heavy (non-hydrogen) atoms. The summed E-state index contributed by atoms with van der Waals surface area (Å²) in [6.45, 7) is 4.36. The van der Waals surface area contributed by atoms with Crippen LogP contribution in [0.1, 0.15) is 9.75 Å². The van der Waals surface area contributed by atoms with Crippen molar-refractivity contribution in [1.29, 1.82) is 0 Å². The van der Waals surface area contributed by atoms with E-state index < -0.39 is 0 Å². The zero-order chi connectivity index (χ0) is 26.5. The van der Waals surface area contributed by atoms with Crippen LogP contribution in [-0.2, 0) is 0 Å². The summed E-state index contributed by atoms with van der Waals surface area (Å²) >= 11 is 7.30. The van der Waals surface area contributed by atoms with Gasteiger partial charge in [-0.2, -0.15) is 0 Å². The number of thiophene rings is 4. The van der Waals surface area contributed by atoms with Crippen molar-refractivity contribution in [2.24, 2.45) is 0 Å². The molecule has 0 atom stereocenters. The van der Waals surface area contributed by atoms with E-state index in [1.807, 2.05) is 35.1 Å². The van der Waals surface area contributed by atoms with Gasteiger partial charge in [-0.3, -0.25) is 9.97 Å². The molecule has 0 amide bonds. The van der Waals surface area contributed by atoms with E-state index in [2.05, 4.69) is 86.6 Å². The average molecular weight is 585 g/mol. The smallest absolute Gasteiger partial charge is 0.0985 e. The summed E-state index contributed by atoms with van der Waals surface area (Å²) in [5.41, 5.74) is 1.85. The summed E-state index contributed by atoms with van der Waals surface area (Å²) < 4.78 is 5.27. The highest BCUT2D eigenvalue weighted by atomic mass is 32.1. The second-order valence-electron chi connectivity index (χ2n) is 10.5. The highest BCUT2D eigenvalue weighted by Crippen LogP contribution is 2.39. The van der Waals surface area contributed by atoms with Crippen LogP contribution >= 0.6 is 45.3 Å². The molecule has 4 aromatic carbocycles. The molecule has 190 valence electrons. The van der Waals surface area contributed by atoms with Gasteiger partial charge < -0.3 is 0 Å². The summed E-state index contributed by atoms with van der Waals surface area (Å²) in [6, 6.07) is 27.6. The van der Waals surface area contributed by atoms with Crippen molar-refractivity contribution in [1.82, 2.24) is 9.97 Å². The minimum absolute atomic E-state index is 0.924. The molecule has 0 unspecified atom stereocenters. The third-order valence-electron chi connectivity index (χ3n) is 7.62. The largest absolute Gasteiger partial charge is 0.251 e. The Bertz CT molecular complexity index is 2140. The third-order valence-corrected chi connectivity index (χ3v) is 11.9. The van der Waals surface area contributed by atoms with Gasteiger partial charge in [-0.25, -0.2) is 0 Å². The first-order valence-electron chi connectivity index (χ1n) is 13.1. The van der Waals surface area contributed by atoms with Crippen LogP contribution in [0.25, 0.3) is 83.0 Å². The lowest BCUT2D eigenvalue weighted by atomic mass is 10.1. The summed E-state index contributed by atoms with van der Waals surface area (Å²) in [5, 5.41) is 10.4. The van der Waals surface area contributed by atoms with Gasteiger partial charge in [-0.05, 0) is 130 Å². The lowest BCUT2D eigenvalue weighted by molar-refractivity contribution is 1.22. The van der Waals surface area contributed by atoms with Crippen molar-refractivity contribution in [3.05, 3.63) is 94.9 Å². The summed E-state index contributed by atoms with van der Waals surface area (Å²) in [7, 11) is 0. The van der Waals surface area contributed by atoms with Crippen LogP contribution < -0.4 is 0 Å². The van der Waals surface area contributed by atoms with Gasteiger partial charge in [0.2, 0.25) is 0 Å². The maximum Gasteiger partial charge on any atom is 0.0985 e. The molecule has 5 heterocycles. The molecule has 0 aliphatic rings. The minimum atomic E-state index is 0.924. The number of aromatic nitrogens is 2. The van der Waals surface area contributed by atoms with Crippen LogP contribution in [0.3, 0.4) is 0 Å². The molecule has 0 aliphatic carbocycles. The topological polar surface area (TPSA) is 25.8 Å². The third kappa shape index (κ3) is 3.64. The maximum atomic E-state index is 4.86. The Morgan fingerprint density at radius 3 is 1.10 bits per heavy atom. The van der Waals surface area contributed by atoms with Crippen LogP contribution in [0.5, 0.6) is 0 Å². The van der Waals surface area contributed by atoms with Crippen molar-refractivity contribution in [2.45, 2.75) is 13.8 Å². The maximum absolute atomic E-state index is 4.86. The zero-order valence-corrected chi connectivity index (χ0v) is 24.9. The number of hydrogen-bond donors (Lipinski definition) is 0. The van der Waals surface area contributed by atoms with Crippen LogP contribution in [0.4, 0.5) is 0 Å². The molecule has 9 rings (SSSR count). The molecular formula is C34H20N2S4.